The molecule has 4 heteroatoms. The fourth-order valence-corrected chi connectivity index (χ4v) is 2.33. The van der Waals surface area contributed by atoms with Crippen molar-refractivity contribution in [2.75, 3.05) is 0 Å². The Hall–Kier alpha value is -1.45. The van der Waals surface area contributed by atoms with Crippen LogP contribution in [0.1, 0.15) is 37.7 Å². The predicted molar refractivity (Wildman–Crippen MR) is 68.0 cm³/mol. The van der Waals surface area contributed by atoms with Crippen LogP contribution in [0, 0.1) is 5.82 Å². The zero-order valence-corrected chi connectivity index (χ0v) is 10.8. The average molecular weight is 268 g/mol. The number of rotatable bonds is 4. The van der Waals surface area contributed by atoms with E-state index in [-0.39, 0.29) is 18.3 Å². The number of hydrogen-bond acceptors (Lipinski definition) is 2. The minimum absolute atomic E-state index is 0.0637. The molecule has 1 atom stereocenters. The number of hydrogen-bond donors (Lipinski definition) is 0. The molecule has 0 N–H and O–H groups in total. The molecule has 0 saturated heterocycles. The van der Waals surface area contributed by atoms with E-state index in [9.17, 15) is 13.6 Å². The number of carbonyl (C=O) groups excluding carboxylic acids is 1. The van der Waals surface area contributed by atoms with Gasteiger partial charge in [-0.2, -0.15) is 0 Å². The predicted octanol–water partition coefficient (Wildman–Crippen LogP) is 3.58. The molecule has 1 aromatic rings. The molecule has 19 heavy (non-hydrogen) atoms. The van der Waals surface area contributed by atoms with Crippen molar-refractivity contribution in [2.24, 2.45) is 0 Å². The standard InChI is InChI=1S/C15H18F2O2/c16-12-8-6-11(7-9-12)10-14(17)15(18)19-13-4-2-1-3-5-13/h6-9,13-14H,1-5,10H2/t14-/m0/s1. The first-order valence-corrected chi connectivity index (χ1v) is 6.74. The Kier molecular flexibility index (Phi) is 4.88. The molecule has 0 unspecified atom stereocenters. The van der Waals surface area contributed by atoms with Crippen molar-refractivity contribution in [3.8, 4) is 0 Å². The Balaban J connectivity index is 1.83. The third-order valence-corrected chi connectivity index (χ3v) is 3.42. The van der Waals surface area contributed by atoms with Gasteiger partial charge >= 0.3 is 5.97 Å². The Morgan fingerprint density at radius 1 is 1.21 bits per heavy atom. The van der Waals surface area contributed by atoms with E-state index < -0.39 is 12.1 Å². The lowest BCUT2D eigenvalue weighted by Gasteiger charge is -2.22. The summed E-state index contributed by atoms with van der Waals surface area (Å²) < 4.78 is 31.6. The molecule has 0 bridgehead atoms. The van der Waals surface area contributed by atoms with E-state index in [2.05, 4.69) is 0 Å². The minimum atomic E-state index is -1.67. The zero-order chi connectivity index (χ0) is 13.7. The lowest BCUT2D eigenvalue weighted by molar-refractivity contribution is -0.156. The monoisotopic (exact) mass is 268 g/mol. The van der Waals surface area contributed by atoms with Crippen LogP contribution in [0.3, 0.4) is 0 Å². The molecule has 0 aromatic heterocycles. The molecule has 2 rings (SSSR count). The second-order valence-corrected chi connectivity index (χ2v) is 5.00. The van der Waals surface area contributed by atoms with Gasteiger partial charge in [-0.3, -0.25) is 0 Å². The summed E-state index contributed by atoms with van der Waals surface area (Å²) in [5.41, 5.74) is 0.592. The van der Waals surface area contributed by atoms with E-state index in [1.165, 1.54) is 24.3 Å². The molecule has 1 aliphatic carbocycles. The Morgan fingerprint density at radius 2 is 1.84 bits per heavy atom. The van der Waals surface area contributed by atoms with Crippen LogP contribution in [-0.4, -0.2) is 18.2 Å². The summed E-state index contributed by atoms with van der Waals surface area (Å²) in [5, 5.41) is 0. The van der Waals surface area contributed by atoms with Gasteiger partial charge in [0.15, 0.2) is 0 Å². The maximum atomic E-state index is 13.8. The molecule has 1 saturated carbocycles. The van der Waals surface area contributed by atoms with Gasteiger partial charge in [-0.15, -0.1) is 0 Å². The molecule has 0 heterocycles. The van der Waals surface area contributed by atoms with E-state index in [0.717, 1.165) is 32.1 Å². The highest BCUT2D eigenvalue weighted by molar-refractivity contribution is 5.75. The molecule has 0 radical (unpaired) electrons. The highest BCUT2D eigenvalue weighted by Gasteiger charge is 2.24. The zero-order valence-electron chi connectivity index (χ0n) is 10.8. The summed E-state index contributed by atoms with van der Waals surface area (Å²) in [7, 11) is 0. The van der Waals surface area contributed by atoms with Crippen LogP contribution in [0.4, 0.5) is 8.78 Å². The maximum Gasteiger partial charge on any atom is 0.341 e. The summed E-state index contributed by atoms with van der Waals surface area (Å²) in [4.78, 5) is 11.6. The molecular formula is C15H18F2O2. The van der Waals surface area contributed by atoms with Gasteiger partial charge in [0.05, 0.1) is 0 Å². The SMILES string of the molecule is O=C(OC1CCCCC1)[C@@H](F)Cc1ccc(F)cc1. The second kappa shape index (κ2) is 6.64. The van der Waals surface area contributed by atoms with Crippen molar-refractivity contribution in [1.29, 1.82) is 0 Å². The average Bonchev–Trinajstić information content (AvgIpc) is 2.42. The number of carbonyl (C=O) groups is 1. The molecule has 1 aliphatic rings. The molecule has 0 spiro atoms. The normalized spacial score (nSPS) is 18.0. The van der Waals surface area contributed by atoms with Gasteiger partial charge in [0, 0.05) is 6.42 Å². The van der Waals surface area contributed by atoms with Crippen LogP contribution in [0.15, 0.2) is 24.3 Å². The third-order valence-electron chi connectivity index (χ3n) is 3.42. The fraction of sp³-hybridized carbons (Fsp3) is 0.533. The van der Waals surface area contributed by atoms with Crippen molar-refractivity contribution in [2.45, 2.75) is 50.8 Å². The molecule has 104 valence electrons. The van der Waals surface area contributed by atoms with Gasteiger partial charge < -0.3 is 4.74 Å². The lowest BCUT2D eigenvalue weighted by atomic mass is 9.98. The Morgan fingerprint density at radius 3 is 2.47 bits per heavy atom. The Labute approximate surface area is 111 Å². The summed E-state index contributed by atoms with van der Waals surface area (Å²) in [6.45, 7) is 0. The van der Waals surface area contributed by atoms with Gasteiger partial charge in [0.1, 0.15) is 11.9 Å². The van der Waals surface area contributed by atoms with Crippen molar-refractivity contribution in [1.82, 2.24) is 0 Å². The fourth-order valence-electron chi connectivity index (χ4n) is 2.33. The number of esters is 1. The molecule has 1 aromatic carbocycles. The molecule has 0 aliphatic heterocycles. The summed E-state index contributed by atoms with van der Waals surface area (Å²) in [5.74, 6) is -1.17. The first kappa shape index (κ1) is 14.0. The van der Waals surface area contributed by atoms with E-state index in [1.807, 2.05) is 0 Å². The minimum Gasteiger partial charge on any atom is -0.460 e. The van der Waals surface area contributed by atoms with Crippen LogP contribution in [0.25, 0.3) is 0 Å². The second-order valence-electron chi connectivity index (χ2n) is 5.00. The summed E-state index contributed by atoms with van der Waals surface area (Å²) in [6.07, 6.45) is 3.01. The molecule has 0 amide bonds. The number of benzene rings is 1. The number of halogens is 2. The first-order valence-electron chi connectivity index (χ1n) is 6.74. The van der Waals surface area contributed by atoms with E-state index >= 15 is 0 Å². The van der Waals surface area contributed by atoms with Crippen LogP contribution >= 0.6 is 0 Å². The smallest absolute Gasteiger partial charge is 0.341 e. The van der Waals surface area contributed by atoms with Crippen LogP contribution < -0.4 is 0 Å². The van der Waals surface area contributed by atoms with E-state index in [4.69, 9.17) is 4.74 Å². The topological polar surface area (TPSA) is 26.3 Å². The summed E-state index contributed by atoms with van der Waals surface area (Å²) >= 11 is 0. The van der Waals surface area contributed by atoms with Crippen LogP contribution in [0.2, 0.25) is 0 Å². The number of alkyl halides is 1. The first-order chi connectivity index (χ1) is 9.15. The highest BCUT2D eigenvalue weighted by Crippen LogP contribution is 2.21. The van der Waals surface area contributed by atoms with Crippen LogP contribution in [-0.2, 0) is 16.0 Å². The molecular weight excluding hydrogens is 250 g/mol. The van der Waals surface area contributed by atoms with E-state index in [1.54, 1.807) is 0 Å². The van der Waals surface area contributed by atoms with Gasteiger partial charge in [0.2, 0.25) is 6.17 Å². The van der Waals surface area contributed by atoms with Crippen molar-refractivity contribution in [3.63, 3.8) is 0 Å². The molecule has 2 nitrogen and oxygen atoms in total. The highest BCUT2D eigenvalue weighted by atomic mass is 19.1. The third kappa shape index (κ3) is 4.30. The van der Waals surface area contributed by atoms with Crippen molar-refractivity contribution in [3.05, 3.63) is 35.6 Å². The molecule has 1 fully saturated rings. The van der Waals surface area contributed by atoms with Gasteiger partial charge in [-0.25, -0.2) is 13.6 Å². The van der Waals surface area contributed by atoms with Crippen LogP contribution in [0.5, 0.6) is 0 Å². The Bertz CT molecular complexity index is 411. The maximum absolute atomic E-state index is 13.8. The lowest BCUT2D eigenvalue weighted by Crippen LogP contribution is -2.28. The van der Waals surface area contributed by atoms with Crippen molar-refractivity contribution >= 4 is 5.97 Å². The van der Waals surface area contributed by atoms with Gasteiger partial charge in [-0.05, 0) is 43.4 Å². The largest absolute Gasteiger partial charge is 0.460 e. The summed E-state index contributed by atoms with van der Waals surface area (Å²) in [6, 6.07) is 5.48. The van der Waals surface area contributed by atoms with Gasteiger partial charge in [-0.1, -0.05) is 18.6 Å². The quantitative estimate of drug-likeness (QED) is 0.780. The van der Waals surface area contributed by atoms with E-state index in [0.29, 0.717) is 5.56 Å². The van der Waals surface area contributed by atoms with Gasteiger partial charge in [0.25, 0.3) is 0 Å². The van der Waals surface area contributed by atoms with Crippen molar-refractivity contribution < 1.29 is 18.3 Å². The number of ether oxygens (including phenoxy) is 1.